The summed E-state index contributed by atoms with van der Waals surface area (Å²) in [5, 5.41) is 6.61. The smallest absolute Gasteiger partial charge is 0.163 e. The van der Waals surface area contributed by atoms with Crippen molar-refractivity contribution in [1.29, 1.82) is 0 Å². The van der Waals surface area contributed by atoms with E-state index in [4.69, 9.17) is 15.7 Å². The molecule has 1 aromatic carbocycles. The van der Waals surface area contributed by atoms with Crippen LogP contribution in [0.25, 0.3) is 44.2 Å². The largest absolute Gasteiger partial charge is 0.367 e. The third-order valence-electron chi connectivity index (χ3n) is 7.69. The molecular formula is C27H26FN7. The number of nitrogens with two attached hydrogens (primary N) is 1. The van der Waals surface area contributed by atoms with Crippen LogP contribution in [-0.2, 0) is 0 Å². The molecule has 7 nitrogen and oxygen atoms in total. The summed E-state index contributed by atoms with van der Waals surface area (Å²) in [6, 6.07) is 9.59. The number of nitrogens with one attached hydrogen (secondary N) is 2. The van der Waals surface area contributed by atoms with Crippen molar-refractivity contribution in [2.45, 2.75) is 56.3 Å². The average Bonchev–Trinajstić information content (AvgIpc) is 3.36. The van der Waals surface area contributed by atoms with Gasteiger partial charge in [0.15, 0.2) is 5.82 Å². The topological polar surface area (TPSA) is 105 Å². The zero-order valence-electron chi connectivity index (χ0n) is 19.2. The molecule has 3 atom stereocenters. The minimum absolute atomic E-state index is 0.0705. The van der Waals surface area contributed by atoms with Crippen LogP contribution < -0.4 is 11.1 Å². The number of aromatic amines is 1. The number of pyridine rings is 2. The van der Waals surface area contributed by atoms with Gasteiger partial charge in [0.05, 0.1) is 11.7 Å². The van der Waals surface area contributed by atoms with Crippen LogP contribution in [-0.4, -0.2) is 43.2 Å². The molecule has 0 radical (unpaired) electrons. The van der Waals surface area contributed by atoms with Crippen molar-refractivity contribution in [3.8, 4) is 11.4 Å². The SMILES string of the molecule is N[C@H]1C[C@H](Nc2nc(-c3ccnc4[nH]c5ccccc5c34)nc3cncc(C4CCC4)c23)C[C@H]1F. The van der Waals surface area contributed by atoms with E-state index in [1.54, 1.807) is 12.4 Å². The van der Waals surface area contributed by atoms with Crippen LogP contribution in [0, 0.1) is 0 Å². The minimum Gasteiger partial charge on any atom is -0.367 e. The van der Waals surface area contributed by atoms with Gasteiger partial charge in [0.2, 0.25) is 0 Å². The molecule has 0 unspecified atom stereocenters. The number of para-hydroxylation sites is 1. The monoisotopic (exact) mass is 467 g/mol. The van der Waals surface area contributed by atoms with Crippen LogP contribution in [0.3, 0.4) is 0 Å². The molecule has 0 aliphatic heterocycles. The number of alkyl halides is 1. The summed E-state index contributed by atoms with van der Waals surface area (Å²) in [6.07, 6.45) is 9.00. The standard InChI is InChI=1S/C27H26FN7/c28-19-10-15(11-20(19)29)32-27-24-18(14-4-3-5-14)12-30-13-22(24)34-25(35-27)17-8-9-31-26-23(17)16-6-1-2-7-21(16)33-26/h1-2,6-9,12-15,19-20H,3-5,10-11,29H2,(H,31,33)(H,32,34,35)/t15-,19-,20+/m1/s1. The molecule has 0 spiro atoms. The summed E-state index contributed by atoms with van der Waals surface area (Å²) in [4.78, 5) is 22.5. The Balaban J connectivity index is 1.44. The first-order valence-electron chi connectivity index (χ1n) is 12.3. The van der Waals surface area contributed by atoms with Gasteiger partial charge in [0.1, 0.15) is 17.6 Å². The lowest BCUT2D eigenvalue weighted by molar-refractivity contribution is 0.311. The molecular weight excluding hydrogens is 441 g/mol. The predicted octanol–water partition coefficient (Wildman–Crippen LogP) is 5.23. The number of rotatable bonds is 4. The number of hydrogen-bond donors (Lipinski definition) is 3. The van der Waals surface area contributed by atoms with E-state index in [0.29, 0.717) is 24.6 Å². The molecule has 5 aromatic rings. The predicted molar refractivity (Wildman–Crippen MR) is 136 cm³/mol. The molecule has 8 heteroatoms. The Hall–Kier alpha value is -3.65. The number of benzene rings is 1. The summed E-state index contributed by atoms with van der Waals surface area (Å²) in [7, 11) is 0. The lowest BCUT2D eigenvalue weighted by Crippen LogP contribution is -2.25. The molecule has 2 aliphatic carbocycles. The van der Waals surface area contributed by atoms with Crippen molar-refractivity contribution in [3.05, 3.63) is 54.5 Å². The second-order valence-corrected chi connectivity index (χ2v) is 9.89. The van der Waals surface area contributed by atoms with E-state index in [9.17, 15) is 4.39 Å². The van der Waals surface area contributed by atoms with Gasteiger partial charge >= 0.3 is 0 Å². The Bertz CT molecular complexity index is 1560. The van der Waals surface area contributed by atoms with Crippen LogP contribution in [0.4, 0.5) is 10.2 Å². The minimum atomic E-state index is -1.00. The van der Waals surface area contributed by atoms with E-state index < -0.39 is 12.2 Å². The quantitative estimate of drug-likeness (QED) is 0.334. The van der Waals surface area contributed by atoms with E-state index in [1.165, 1.54) is 12.0 Å². The molecule has 35 heavy (non-hydrogen) atoms. The van der Waals surface area contributed by atoms with Crippen LogP contribution in [0.1, 0.15) is 43.6 Å². The first-order valence-corrected chi connectivity index (χ1v) is 12.3. The first kappa shape index (κ1) is 20.7. The van der Waals surface area contributed by atoms with Crippen LogP contribution in [0.15, 0.2) is 48.9 Å². The van der Waals surface area contributed by atoms with Gasteiger partial charge in [-0.1, -0.05) is 24.6 Å². The summed E-state index contributed by atoms with van der Waals surface area (Å²) in [5.74, 6) is 1.80. The molecule has 0 saturated heterocycles. The molecule has 7 rings (SSSR count). The fraction of sp³-hybridized carbons (Fsp3) is 0.333. The Labute approximate surface area is 201 Å². The van der Waals surface area contributed by atoms with Crippen molar-refractivity contribution >= 4 is 38.7 Å². The third-order valence-corrected chi connectivity index (χ3v) is 7.69. The highest BCUT2D eigenvalue weighted by Crippen LogP contribution is 2.42. The number of fused-ring (bicyclic) bond motifs is 4. The number of nitrogens with zero attached hydrogens (tertiary/aromatic N) is 4. The highest BCUT2D eigenvalue weighted by molar-refractivity contribution is 6.12. The van der Waals surface area contributed by atoms with Crippen molar-refractivity contribution in [2.75, 3.05) is 5.32 Å². The first-order chi connectivity index (χ1) is 17.2. The zero-order chi connectivity index (χ0) is 23.5. The molecule has 4 N–H and O–H groups in total. The van der Waals surface area contributed by atoms with Crippen LogP contribution >= 0.6 is 0 Å². The van der Waals surface area contributed by atoms with E-state index in [0.717, 1.165) is 57.1 Å². The third kappa shape index (κ3) is 3.35. The lowest BCUT2D eigenvalue weighted by Gasteiger charge is -2.27. The molecule has 0 bridgehead atoms. The Morgan fingerprint density at radius 1 is 1.03 bits per heavy atom. The Morgan fingerprint density at radius 3 is 2.71 bits per heavy atom. The summed E-state index contributed by atoms with van der Waals surface area (Å²) in [6.45, 7) is 0. The van der Waals surface area contributed by atoms with Gasteiger partial charge in [-0.3, -0.25) is 4.98 Å². The maximum Gasteiger partial charge on any atom is 0.163 e. The van der Waals surface area contributed by atoms with Crippen molar-refractivity contribution in [1.82, 2.24) is 24.9 Å². The molecule has 2 aliphatic rings. The molecule has 2 saturated carbocycles. The van der Waals surface area contributed by atoms with Gasteiger partial charge in [-0.2, -0.15) is 0 Å². The van der Waals surface area contributed by atoms with E-state index in [2.05, 4.69) is 26.3 Å². The maximum atomic E-state index is 14.3. The van der Waals surface area contributed by atoms with E-state index in [1.807, 2.05) is 30.5 Å². The number of aromatic nitrogens is 5. The molecule has 4 aromatic heterocycles. The molecule has 2 fully saturated rings. The van der Waals surface area contributed by atoms with Crippen molar-refractivity contribution in [3.63, 3.8) is 0 Å². The van der Waals surface area contributed by atoms with Crippen molar-refractivity contribution in [2.24, 2.45) is 5.73 Å². The number of halogens is 1. The highest BCUT2D eigenvalue weighted by Gasteiger charge is 2.33. The lowest BCUT2D eigenvalue weighted by atomic mass is 9.79. The van der Waals surface area contributed by atoms with E-state index >= 15 is 0 Å². The van der Waals surface area contributed by atoms with Crippen LogP contribution in [0.2, 0.25) is 0 Å². The second kappa shape index (κ2) is 7.95. The van der Waals surface area contributed by atoms with Gasteiger partial charge < -0.3 is 16.0 Å². The summed E-state index contributed by atoms with van der Waals surface area (Å²) < 4.78 is 14.3. The van der Waals surface area contributed by atoms with Crippen LogP contribution in [0.5, 0.6) is 0 Å². The molecule has 4 heterocycles. The number of hydrogen-bond acceptors (Lipinski definition) is 6. The van der Waals surface area contributed by atoms with Gasteiger partial charge in [0, 0.05) is 58.1 Å². The van der Waals surface area contributed by atoms with Gasteiger partial charge in [-0.05, 0) is 42.9 Å². The van der Waals surface area contributed by atoms with E-state index in [-0.39, 0.29) is 6.04 Å². The maximum absolute atomic E-state index is 14.3. The Morgan fingerprint density at radius 2 is 1.91 bits per heavy atom. The summed E-state index contributed by atoms with van der Waals surface area (Å²) in [5.41, 5.74) is 10.7. The van der Waals surface area contributed by atoms with Gasteiger partial charge in [-0.25, -0.2) is 19.3 Å². The van der Waals surface area contributed by atoms with Gasteiger partial charge in [0.25, 0.3) is 0 Å². The fourth-order valence-corrected chi connectivity index (χ4v) is 5.65. The number of H-pyrrole nitrogens is 1. The molecule has 0 amide bonds. The van der Waals surface area contributed by atoms with Crippen molar-refractivity contribution < 1.29 is 4.39 Å². The number of anilines is 1. The summed E-state index contributed by atoms with van der Waals surface area (Å²) >= 11 is 0. The zero-order valence-corrected chi connectivity index (χ0v) is 19.2. The molecule has 176 valence electrons. The normalized spacial score (nSPS) is 22.7. The average molecular weight is 468 g/mol. The van der Waals surface area contributed by atoms with Gasteiger partial charge in [-0.15, -0.1) is 0 Å². The Kier molecular flexibility index (Phi) is 4.70. The highest BCUT2D eigenvalue weighted by atomic mass is 19.1. The fourth-order valence-electron chi connectivity index (χ4n) is 5.65. The second-order valence-electron chi connectivity index (χ2n) is 9.89.